The zero-order valence-corrected chi connectivity index (χ0v) is 12.0. The van der Waals surface area contributed by atoms with Gasteiger partial charge in [-0.25, -0.2) is 0 Å². The summed E-state index contributed by atoms with van der Waals surface area (Å²) >= 11 is 0. The van der Waals surface area contributed by atoms with Crippen LogP contribution in [0.4, 0.5) is 0 Å². The van der Waals surface area contributed by atoms with Crippen LogP contribution in [0.25, 0.3) is 0 Å². The Kier molecular flexibility index (Phi) is 8.79. The van der Waals surface area contributed by atoms with Crippen molar-refractivity contribution in [2.45, 2.75) is 57.6 Å². The SMILES string of the molecule is CCCCCCOCC(O)CNC1CCCNC1=O. The van der Waals surface area contributed by atoms with Crippen molar-refractivity contribution in [1.29, 1.82) is 0 Å². The molecule has 0 aliphatic carbocycles. The Labute approximate surface area is 116 Å². The summed E-state index contributed by atoms with van der Waals surface area (Å²) in [6.07, 6.45) is 6.00. The fourth-order valence-electron chi connectivity index (χ4n) is 2.15. The van der Waals surface area contributed by atoms with Crippen molar-refractivity contribution in [3.63, 3.8) is 0 Å². The van der Waals surface area contributed by atoms with Gasteiger partial charge in [0.05, 0.1) is 18.8 Å². The van der Waals surface area contributed by atoms with Gasteiger partial charge in [-0.1, -0.05) is 26.2 Å². The van der Waals surface area contributed by atoms with E-state index in [4.69, 9.17) is 4.74 Å². The molecule has 5 nitrogen and oxygen atoms in total. The Morgan fingerprint density at radius 3 is 3.05 bits per heavy atom. The highest BCUT2D eigenvalue weighted by Gasteiger charge is 2.21. The number of carbonyl (C=O) groups is 1. The molecule has 1 aliphatic heterocycles. The van der Waals surface area contributed by atoms with Crippen LogP contribution >= 0.6 is 0 Å². The third kappa shape index (κ3) is 7.50. The molecule has 3 N–H and O–H groups in total. The van der Waals surface area contributed by atoms with E-state index in [0.29, 0.717) is 19.8 Å². The van der Waals surface area contributed by atoms with E-state index in [0.717, 1.165) is 25.8 Å². The zero-order chi connectivity index (χ0) is 13.9. The number of piperidine rings is 1. The minimum atomic E-state index is -0.541. The highest BCUT2D eigenvalue weighted by Crippen LogP contribution is 2.03. The van der Waals surface area contributed by atoms with Gasteiger partial charge in [0.25, 0.3) is 0 Å². The van der Waals surface area contributed by atoms with Crippen molar-refractivity contribution in [1.82, 2.24) is 10.6 Å². The van der Waals surface area contributed by atoms with Crippen LogP contribution in [-0.4, -0.2) is 49.5 Å². The van der Waals surface area contributed by atoms with Crippen LogP contribution < -0.4 is 10.6 Å². The largest absolute Gasteiger partial charge is 0.389 e. The molecule has 1 amide bonds. The van der Waals surface area contributed by atoms with Gasteiger partial charge in [0.15, 0.2) is 0 Å². The van der Waals surface area contributed by atoms with Gasteiger partial charge in [-0.15, -0.1) is 0 Å². The highest BCUT2D eigenvalue weighted by molar-refractivity contribution is 5.82. The molecule has 2 unspecified atom stereocenters. The number of carbonyl (C=O) groups excluding carboxylic acids is 1. The molecular weight excluding hydrogens is 244 g/mol. The quantitative estimate of drug-likeness (QED) is 0.515. The molecule has 0 saturated carbocycles. The lowest BCUT2D eigenvalue weighted by Gasteiger charge is -2.24. The van der Waals surface area contributed by atoms with E-state index in [1.165, 1.54) is 19.3 Å². The second-order valence-electron chi connectivity index (χ2n) is 5.18. The summed E-state index contributed by atoms with van der Waals surface area (Å²) in [4.78, 5) is 11.5. The molecule has 2 atom stereocenters. The predicted molar refractivity (Wildman–Crippen MR) is 75.0 cm³/mol. The maximum absolute atomic E-state index is 11.5. The van der Waals surface area contributed by atoms with Gasteiger partial charge in [-0.05, 0) is 19.3 Å². The average molecular weight is 272 g/mol. The summed E-state index contributed by atoms with van der Waals surface area (Å²) in [5, 5.41) is 15.7. The van der Waals surface area contributed by atoms with Crippen LogP contribution in [0, 0.1) is 0 Å². The normalized spacial score (nSPS) is 21.2. The van der Waals surface area contributed by atoms with E-state index in [1.807, 2.05) is 0 Å². The predicted octanol–water partition coefficient (Wildman–Crippen LogP) is 0.812. The van der Waals surface area contributed by atoms with Crippen molar-refractivity contribution < 1.29 is 14.6 Å². The summed E-state index contributed by atoms with van der Waals surface area (Å²) in [6.45, 7) is 4.40. The first-order chi connectivity index (χ1) is 9.24. The van der Waals surface area contributed by atoms with Crippen LogP contribution in [0.1, 0.15) is 45.4 Å². The third-order valence-electron chi connectivity index (χ3n) is 3.34. The lowest BCUT2D eigenvalue weighted by Crippen LogP contribution is -2.50. The minimum absolute atomic E-state index is 0.0407. The lowest BCUT2D eigenvalue weighted by molar-refractivity contribution is -0.124. The number of aliphatic hydroxyl groups is 1. The summed E-state index contributed by atoms with van der Waals surface area (Å²) in [6, 6.07) is -0.159. The number of unbranched alkanes of at least 4 members (excludes halogenated alkanes) is 3. The molecule has 1 heterocycles. The molecule has 0 spiro atoms. The summed E-state index contributed by atoms with van der Waals surface area (Å²) in [5.74, 6) is 0.0407. The van der Waals surface area contributed by atoms with Gasteiger partial charge in [-0.3, -0.25) is 4.79 Å². The van der Waals surface area contributed by atoms with Gasteiger partial charge in [0, 0.05) is 19.7 Å². The fourth-order valence-corrected chi connectivity index (χ4v) is 2.15. The number of rotatable bonds is 10. The monoisotopic (exact) mass is 272 g/mol. The summed E-state index contributed by atoms with van der Waals surface area (Å²) in [7, 11) is 0. The number of hydrogen-bond acceptors (Lipinski definition) is 4. The van der Waals surface area contributed by atoms with Crippen LogP contribution in [0.15, 0.2) is 0 Å². The van der Waals surface area contributed by atoms with Crippen molar-refractivity contribution in [2.24, 2.45) is 0 Å². The summed E-state index contributed by atoms with van der Waals surface area (Å²) in [5.41, 5.74) is 0. The highest BCUT2D eigenvalue weighted by atomic mass is 16.5. The van der Waals surface area contributed by atoms with E-state index in [9.17, 15) is 9.90 Å². The van der Waals surface area contributed by atoms with Crippen molar-refractivity contribution in [3.8, 4) is 0 Å². The van der Waals surface area contributed by atoms with Gasteiger partial charge < -0.3 is 20.5 Å². The topological polar surface area (TPSA) is 70.6 Å². The Bertz CT molecular complexity index is 249. The van der Waals surface area contributed by atoms with Gasteiger partial charge in [0.1, 0.15) is 0 Å². The van der Waals surface area contributed by atoms with Crippen LogP contribution in [0.3, 0.4) is 0 Å². The van der Waals surface area contributed by atoms with Crippen molar-refractivity contribution >= 4 is 5.91 Å². The molecule has 0 aromatic heterocycles. The fraction of sp³-hybridized carbons (Fsp3) is 0.929. The first kappa shape index (κ1) is 16.4. The van der Waals surface area contributed by atoms with Crippen LogP contribution in [0.5, 0.6) is 0 Å². The number of amides is 1. The molecule has 1 rings (SSSR count). The van der Waals surface area contributed by atoms with Crippen molar-refractivity contribution in [3.05, 3.63) is 0 Å². The van der Waals surface area contributed by atoms with Crippen LogP contribution in [-0.2, 0) is 9.53 Å². The van der Waals surface area contributed by atoms with Crippen molar-refractivity contribution in [2.75, 3.05) is 26.3 Å². The molecule has 0 aromatic carbocycles. The Morgan fingerprint density at radius 2 is 2.32 bits per heavy atom. The standard InChI is InChI=1S/C14H28N2O3/c1-2-3-4-5-9-19-11-12(17)10-16-13-7-6-8-15-14(13)18/h12-13,16-17H,2-11H2,1H3,(H,15,18). The van der Waals surface area contributed by atoms with E-state index in [-0.39, 0.29) is 11.9 Å². The molecule has 0 radical (unpaired) electrons. The van der Waals surface area contributed by atoms with E-state index < -0.39 is 6.10 Å². The summed E-state index contributed by atoms with van der Waals surface area (Å²) < 4.78 is 5.42. The minimum Gasteiger partial charge on any atom is -0.389 e. The molecule has 112 valence electrons. The van der Waals surface area contributed by atoms with Gasteiger partial charge in [-0.2, -0.15) is 0 Å². The lowest BCUT2D eigenvalue weighted by atomic mass is 10.1. The molecule has 19 heavy (non-hydrogen) atoms. The van der Waals surface area contributed by atoms with Gasteiger partial charge in [0.2, 0.25) is 5.91 Å². The average Bonchev–Trinajstić information content (AvgIpc) is 2.42. The Morgan fingerprint density at radius 1 is 1.47 bits per heavy atom. The first-order valence-corrected chi connectivity index (χ1v) is 7.51. The molecule has 0 aromatic rings. The molecular formula is C14H28N2O3. The maximum atomic E-state index is 11.5. The Balaban J connectivity index is 1.98. The second-order valence-corrected chi connectivity index (χ2v) is 5.18. The van der Waals surface area contributed by atoms with Gasteiger partial charge >= 0.3 is 0 Å². The zero-order valence-electron chi connectivity index (χ0n) is 12.0. The second kappa shape index (κ2) is 10.2. The Hall–Kier alpha value is -0.650. The molecule has 1 saturated heterocycles. The first-order valence-electron chi connectivity index (χ1n) is 7.51. The number of hydrogen-bond donors (Lipinski definition) is 3. The maximum Gasteiger partial charge on any atom is 0.237 e. The molecule has 5 heteroatoms. The number of aliphatic hydroxyl groups excluding tert-OH is 1. The molecule has 1 fully saturated rings. The van der Waals surface area contributed by atoms with Crippen LogP contribution in [0.2, 0.25) is 0 Å². The smallest absolute Gasteiger partial charge is 0.237 e. The van der Waals surface area contributed by atoms with E-state index in [2.05, 4.69) is 17.6 Å². The van der Waals surface area contributed by atoms with E-state index in [1.54, 1.807) is 0 Å². The van der Waals surface area contributed by atoms with E-state index >= 15 is 0 Å². The third-order valence-corrected chi connectivity index (χ3v) is 3.34. The number of nitrogens with one attached hydrogen (secondary N) is 2. The molecule has 0 bridgehead atoms. The molecule has 1 aliphatic rings. The number of ether oxygens (including phenoxy) is 1.